The van der Waals surface area contributed by atoms with Crippen molar-refractivity contribution in [2.45, 2.75) is 6.61 Å². The van der Waals surface area contributed by atoms with E-state index in [9.17, 15) is 4.39 Å². The lowest BCUT2D eigenvalue weighted by Gasteiger charge is -2.03. The van der Waals surface area contributed by atoms with Crippen molar-refractivity contribution in [1.29, 1.82) is 0 Å². The van der Waals surface area contributed by atoms with Gasteiger partial charge in [0.25, 0.3) is 0 Å². The zero-order valence-electron chi connectivity index (χ0n) is 7.29. The predicted molar refractivity (Wildman–Crippen MR) is 47.3 cm³/mol. The van der Waals surface area contributed by atoms with Crippen molar-refractivity contribution in [1.82, 2.24) is 0 Å². The van der Waals surface area contributed by atoms with Gasteiger partial charge < -0.3 is 9.57 Å². The molecule has 0 saturated carbocycles. The molecule has 4 heteroatoms. The molecule has 1 aromatic carbocycles. The molecule has 0 radical (unpaired) electrons. The van der Waals surface area contributed by atoms with E-state index >= 15 is 0 Å². The van der Waals surface area contributed by atoms with Crippen LogP contribution in [0.5, 0.6) is 5.75 Å². The minimum atomic E-state index is -0.410. The molecule has 1 aromatic rings. The second kappa shape index (κ2) is 4.45. The van der Waals surface area contributed by atoms with Gasteiger partial charge in [-0.1, -0.05) is 6.07 Å². The summed E-state index contributed by atoms with van der Waals surface area (Å²) in [6.07, 6.45) is 0. The van der Waals surface area contributed by atoms with Crippen LogP contribution in [0.3, 0.4) is 0 Å². The smallest absolute Gasteiger partial charge is 0.165 e. The third-order valence-corrected chi connectivity index (χ3v) is 1.54. The molecular weight excluding hydrogens is 173 g/mol. The maximum Gasteiger partial charge on any atom is 0.165 e. The SMILES string of the molecule is C=NOCc1ccc(OC)c(F)c1. The minimum absolute atomic E-state index is 0.213. The lowest BCUT2D eigenvalue weighted by atomic mass is 10.2. The predicted octanol–water partition coefficient (Wildman–Crippen LogP) is 1.97. The fourth-order valence-electron chi connectivity index (χ4n) is 0.920. The first-order valence-corrected chi connectivity index (χ1v) is 3.68. The van der Waals surface area contributed by atoms with Gasteiger partial charge in [0.2, 0.25) is 0 Å². The Bertz CT molecular complexity index is 302. The topological polar surface area (TPSA) is 30.8 Å². The molecule has 1 rings (SSSR count). The second-order valence-corrected chi connectivity index (χ2v) is 2.37. The van der Waals surface area contributed by atoms with E-state index in [-0.39, 0.29) is 12.4 Å². The Morgan fingerprint density at radius 1 is 1.54 bits per heavy atom. The zero-order chi connectivity index (χ0) is 9.68. The summed E-state index contributed by atoms with van der Waals surface area (Å²) in [7, 11) is 1.42. The number of methoxy groups -OCH3 is 1. The van der Waals surface area contributed by atoms with Crippen LogP contribution >= 0.6 is 0 Å². The highest BCUT2D eigenvalue weighted by Gasteiger charge is 2.02. The van der Waals surface area contributed by atoms with Crippen LogP contribution in [0.25, 0.3) is 0 Å². The number of hydrogen-bond donors (Lipinski definition) is 0. The minimum Gasteiger partial charge on any atom is -0.494 e. The van der Waals surface area contributed by atoms with Gasteiger partial charge in [-0.3, -0.25) is 0 Å². The molecule has 0 unspecified atom stereocenters. The van der Waals surface area contributed by atoms with E-state index < -0.39 is 5.82 Å². The summed E-state index contributed by atoms with van der Waals surface area (Å²) in [4.78, 5) is 4.65. The van der Waals surface area contributed by atoms with Crippen molar-refractivity contribution < 1.29 is 14.0 Å². The Balaban J connectivity index is 2.76. The van der Waals surface area contributed by atoms with E-state index in [2.05, 4.69) is 16.7 Å². The van der Waals surface area contributed by atoms with Gasteiger partial charge in [-0.25, -0.2) is 4.39 Å². The van der Waals surface area contributed by atoms with Crippen LogP contribution in [0.1, 0.15) is 5.56 Å². The van der Waals surface area contributed by atoms with Crippen molar-refractivity contribution in [3.63, 3.8) is 0 Å². The van der Waals surface area contributed by atoms with E-state index in [1.165, 1.54) is 19.2 Å². The molecule has 0 aliphatic carbocycles. The Kier molecular flexibility index (Phi) is 3.25. The molecule has 0 N–H and O–H groups in total. The first kappa shape index (κ1) is 9.51. The van der Waals surface area contributed by atoms with Gasteiger partial charge in [0, 0.05) is 6.72 Å². The van der Waals surface area contributed by atoms with Crippen molar-refractivity contribution >= 4 is 6.72 Å². The molecule has 70 valence electrons. The van der Waals surface area contributed by atoms with Gasteiger partial charge in [-0.15, -0.1) is 5.16 Å². The fraction of sp³-hybridized carbons (Fsp3) is 0.222. The van der Waals surface area contributed by atoms with E-state index in [1.54, 1.807) is 6.07 Å². The summed E-state index contributed by atoms with van der Waals surface area (Å²) in [5.41, 5.74) is 0.686. The first-order chi connectivity index (χ1) is 6.27. The van der Waals surface area contributed by atoms with Gasteiger partial charge >= 0.3 is 0 Å². The molecule has 0 atom stereocenters. The molecule has 0 aliphatic heterocycles. The highest BCUT2D eigenvalue weighted by molar-refractivity contribution is 5.29. The number of benzene rings is 1. The lowest BCUT2D eigenvalue weighted by molar-refractivity contribution is 0.133. The van der Waals surface area contributed by atoms with Crippen LogP contribution < -0.4 is 4.74 Å². The second-order valence-electron chi connectivity index (χ2n) is 2.37. The molecule has 0 saturated heterocycles. The summed E-state index contributed by atoms with van der Waals surface area (Å²) in [6.45, 7) is 3.35. The van der Waals surface area contributed by atoms with Crippen LogP contribution in [0.15, 0.2) is 23.4 Å². The average Bonchev–Trinajstić information content (AvgIpc) is 2.15. The molecule has 0 aliphatic rings. The summed E-state index contributed by atoms with van der Waals surface area (Å²) in [5.74, 6) is -0.192. The maximum absolute atomic E-state index is 13.1. The Labute approximate surface area is 75.8 Å². The maximum atomic E-state index is 13.1. The number of hydrogen-bond acceptors (Lipinski definition) is 3. The Hall–Kier alpha value is -1.58. The molecule has 0 spiro atoms. The van der Waals surface area contributed by atoms with Gasteiger partial charge in [0.05, 0.1) is 7.11 Å². The molecule has 0 heterocycles. The zero-order valence-corrected chi connectivity index (χ0v) is 7.29. The monoisotopic (exact) mass is 183 g/mol. The van der Waals surface area contributed by atoms with Crippen LogP contribution in [-0.2, 0) is 11.4 Å². The van der Waals surface area contributed by atoms with E-state index in [1.807, 2.05) is 0 Å². The van der Waals surface area contributed by atoms with Crippen molar-refractivity contribution in [3.8, 4) is 5.75 Å². The normalized spacial score (nSPS) is 9.38. The average molecular weight is 183 g/mol. The lowest BCUT2D eigenvalue weighted by Crippen LogP contribution is -1.91. The summed E-state index contributed by atoms with van der Waals surface area (Å²) in [5, 5.41) is 3.20. The molecule has 0 aromatic heterocycles. The van der Waals surface area contributed by atoms with Crippen LogP contribution in [0.4, 0.5) is 4.39 Å². The van der Waals surface area contributed by atoms with Crippen LogP contribution in [0, 0.1) is 5.82 Å². The van der Waals surface area contributed by atoms with E-state index in [4.69, 9.17) is 4.74 Å². The van der Waals surface area contributed by atoms with Crippen molar-refractivity contribution in [2.24, 2.45) is 5.16 Å². The van der Waals surface area contributed by atoms with E-state index in [0.717, 1.165) is 0 Å². The first-order valence-electron chi connectivity index (χ1n) is 3.68. The quantitative estimate of drug-likeness (QED) is 0.527. The summed E-state index contributed by atoms with van der Waals surface area (Å²) >= 11 is 0. The van der Waals surface area contributed by atoms with Crippen LogP contribution in [-0.4, -0.2) is 13.8 Å². The Morgan fingerprint density at radius 3 is 2.85 bits per heavy atom. The molecule has 0 fully saturated rings. The number of ether oxygens (including phenoxy) is 1. The fourth-order valence-corrected chi connectivity index (χ4v) is 0.920. The van der Waals surface area contributed by atoms with Crippen LogP contribution in [0.2, 0.25) is 0 Å². The van der Waals surface area contributed by atoms with Gasteiger partial charge in [-0.05, 0) is 17.7 Å². The van der Waals surface area contributed by atoms with E-state index in [0.29, 0.717) is 5.56 Å². The van der Waals surface area contributed by atoms with Gasteiger partial charge in [-0.2, -0.15) is 0 Å². The molecule has 0 amide bonds. The highest BCUT2D eigenvalue weighted by Crippen LogP contribution is 2.17. The van der Waals surface area contributed by atoms with Gasteiger partial charge in [0.15, 0.2) is 11.6 Å². The standard InChI is InChI=1S/C9H10FNO2/c1-11-13-6-7-3-4-9(12-2)8(10)5-7/h3-5H,1,6H2,2H3. The number of halogens is 1. The number of rotatable bonds is 4. The molecule has 13 heavy (non-hydrogen) atoms. The molecule has 3 nitrogen and oxygen atoms in total. The summed E-state index contributed by atoms with van der Waals surface area (Å²) in [6, 6.07) is 4.58. The summed E-state index contributed by atoms with van der Waals surface area (Å²) < 4.78 is 17.8. The van der Waals surface area contributed by atoms with Gasteiger partial charge in [0.1, 0.15) is 6.61 Å². The number of oxime groups is 1. The highest BCUT2D eigenvalue weighted by atomic mass is 19.1. The molecular formula is C9H10FNO2. The third kappa shape index (κ3) is 2.43. The van der Waals surface area contributed by atoms with Crippen molar-refractivity contribution in [3.05, 3.63) is 29.6 Å². The third-order valence-electron chi connectivity index (χ3n) is 1.54. The Morgan fingerprint density at radius 2 is 2.31 bits per heavy atom. The largest absolute Gasteiger partial charge is 0.494 e. The number of nitrogens with zero attached hydrogens (tertiary/aromatic N) is 1. The molecule has 0 bridgehead atoms. The van der Waals surface area contributed by atoms with Crippen molar-refractivity contribution in [2.75, 3.05) is 7.11 Å².